The van der Waals surface area contributed by atoms with Gasteiger partial charge in [-0.1, -0.05) is 6.42 Å². The lowest BCUT2D eigenvalue weighted by atomic mass is 10.1. The Kier molecular flexibility index (Phi) is 7.11. The van der Waals surface area contributed by atoms with Crippen LogP contribution in [0.25, 0.3) is 0 Å². The molecule has 30 heavy (non-hydrogen) atoms. The molecule has 8 nitrogen and oxygen atoms in total. The van der Waals surface area contributed by atoms with Gasteiger partial charge in [-0.15, -0.1) is 11.3 Å². The summed E-state index contributed by atoms with van der Waals surface area (Å²) in [6.45, 7) is 0.311. The lowest BCUT2D eigenvalue weighted by Crippen LogP contribution is -2.36. The van der Waals surface area contributed by atoms with Crippen molar-refractivity contribution in [2.24, 2.45) is 0 Å². The Morgan fingerprint density at radius 1 is 1.07 bits per heavy atom. The van der Waals surface area contributed by atoms with E-state index in [1.807, 2.05) is 0 Å². The van der Waals surface area contributed by atoms with Crippen molar-refractivity contribution in [1.82, 2.24) is 4.31 Å². The molecule has 1 aromatic carbocycles. The van der Waals surface area contributed by atoms with Crippen LogP contribution in [0.15, 0.2) is 34.5 Å². The maximum absolute atomic E-state index is 12.9. The van der Waals surface area contributed by atoms with Crippen LogP contribution in [0.5, 0.6) is 11.5 Å². The van der Waals surface area contributed by atoms with Crippen LogP contribution in [0, 0.1) is 0 Å². The number of nitrogens with zero attached hydrogens (tertiary/aromatic N) is 1. The second kappa shape index (κ2) is 9.59. The van der Waals surface area contributed by atoms with E-state index < -0.39 is 28.4 Å². The van der Waals surface area contributed by atoms with Gasteiger partial charge in [0.25, 0.3) is 0 Å². The van der Waals surface area contributed by atoms with Gasteiger partial charge in [0.15, 0.2) is 6.61 Å². The minimum atomic E-state index is -3.78. The molecule has 1 fully saturated rings. The number of methoxy groups -OCH3 is 2. The smallest absolute Gasteiger partial charge is 0.350 e. The summed E-state index contributed by atoms with van der Waals surface area (Å²) in [5, 5.41) is 1.53. The number of piperidine rings is 1. The fourth-order valence-corrected chi connectivity index (χ4v) is 6.00. The van der Waals surface area contributed by atoms with Crippen molar-refractivity contribution in [3.8, 4) is 11.5 Å². The predicted molar refractivity (Wildman–Crippen MR) is 111 cm³/mol. The molecule has 0 radical (unpaired) electrons. The molecule has 162 valence electrons. The standard InChI is InChI=1S/C20H23NO7S2/c1-26-14-6-7-17(27-2)15(12-14)16(22)13-28-20(23)19-18(8-11-29-19)30(24,25)21-9-4-3-5-10-21/h6-8,11-12H,3-5,9-10,13H2,1-2H3. The number of carbonyl (C=O) groups excluding carboxylic acids is 2. The molecule has 2 heterocycles. The quantitative estimate of drug-likeness (QED) is 0.447. The third kappa shape index (κ3) is 4.66. The van der Waals surface area contributed by atoms with Crippen LogP contribution in [0.3, 0.4) is 0 Å². The van der Waals surface area contributed by atoms with Gasteiger partial charge in [-0.3, -0.25) is 4.79 Å². The van der Waals surface area contributed by atoms with Gasteiger partial charge in [0.1, 0.15) is 21.3 Å². The maximum Gasteiger partial charge on any atom is 0.350 e. The molecule has 3 rings (SSSR count). The van der Waals surface area contributed by atoms with Crippen LogP contribution in [0.2, 0.25) is 0 Å². The zero-order chi connectivity index (χ0) is 21.7. The molecule has 10 heteroatoms. The summed E-state index contributed by atoms with van der Waals surface area (Å²) in [4.78, 5) is 25.0. The zero-order valence-corrected chi connectivity index (χ0v) is 18.4. The van der Waals surface area contributed by atoms with Gasteiger partial charge in [0.05, 0.1) is 19.8 Å². The molecular weight excluding hydrogens is 430 g/mol. The number of ketones is 1. The first-order chi connectivity index (χ1) is 14.4. The number of ether oxygens (including phenoxy) is 3. The average Bonchev–Trinajstić information content (AvgIpc) is 3.28. The van der Waals surface area contributed by atoms with Gasteiger partial charge >= 0.3 is 5.97 Å². The van der Waals surface area contributed by atoms with Crippen LogP contribution in [0.1, 0.15) is 39.3 Å². The molecule has 0 amide bonds. The van der Waals surface area contributed by atoms with E-state index in [0.717, 1.165) is 30.6 Å². The largest absolute Gasteiger partial charge is 0.497 e. The summed E-state index contributed by atoms with van der Waals surface area (Å²) in [6, 6.07) is 6.12. The van der Waals surface area contributed by atoms with Crippen LogP contribution < -0.4 is 9.47 Å². The molecular formula is C20H23NO7S2. The first-order valence-corrected chi connectivity index (χ1v) is 11.7. The van der Waals surface area contributed by atoms with Crippen molar-refractivity contribution in [2.45, 2.75) is 24.2 Å². The second-order valence-electron chi connectivity index (χ2n) is 6.64. The molecule has 0 spiro atoms. The average molecular weight is 454 g/mol. The molecule has 0 unspecified atom stereocenters. The highest BCUT2D eigenvalue weighted by Crippen LogP contribution is 2.28. The number of hydrogen-bond donors (Lipinski definition) is 0. The Labute approximate surface area is 179 Å². The van der Waals surface area contributed by atoms with Crippen LogP contribution >= 0.6 is 11.3 Å². The SMILES string of the molecule is COc1ccc(OC)c(C(=O)COC(=O)c2sccc2S(=O)(=O)N2CCCCC2)c1. The molecule has 1 aliphatic heterocycles. The van der Waals surface area contributed by atoms with Gasteiger partial charge in [-0.05, 0) is 42.5 Å². The van der Waals surface area contributed by atoms with Crippen molar-refractivity contribution in [1.29, 1.82) is 0 Å². The number of benzene rings is 1. The number of esters is 1. The molecule has 1 saturated heterocycles. The molecule has 0 bridgehead atoms. The fraction of sp³-hybridized carbons (Fsp3) is 0.400. The van der Waals surface area contributed by atoms with Gasteiger partial charge < -0.3 is 14.2 Å². The molecule has 0 aliphatic carbocycles. The molecule has 1 aliphatic rings. The van der Waals surface area contributed by atoms with E-state index >= 15 is 0 Å². The number of hydrogen-bond acceptors (Lipinski definition) is 8. The van der Waals surface area contributed by atoms with E-state index in [-0.39, 0.29) is 15.3 Å². The molecule has 0 N–H and O–H groups in total. The van der Waals surface area contributed by atoms with E-state index in [9.17, 15) is 18.0 Å². The maximum atomic E-state index is 12.9. The normalized spacial score (nSPS) is 14.9. The summed E-state index contributed by atoms with van der Waals surface area (Å²) >= 11 is 0.973. The third-order valence-corrected chi connectivity index (χ3v) is 7.75. The lowest BCUT2D eigenvalue weighted by molar-refractivity contribution is 0.0475. The first-order valence-electron chi connectivity index (χ1n) is 9.38. The van der Waals surface area contributed by atoms with Crippen molar-refractivity contribution in [3.63, 3.8) is 0 Å². The van der Waals surface area contributed by atoms with Crippen molar-refractivity contribution in [3.05, 3.63) is 40.1 Å². The highest BCUT2D eigenvalue weighted by Gasteiger charge is 2.31. The minimum Gasteiger partial charge on any atom is -0.497 e. The fourth-order valence-electron chi connectivity index (χ4n) is 3.20. The van der Waals surface area contributed by atoms with E-state index in [2.05, 4.69) is 0 Å². The van der Waals surface area contributed by atoms with Crippen LogP contribution in [-0.4, -0.2) is 58.4 Å². The van der Waals surface area contributed by atoms with Gasteiger partial charge in [-0.2, -0.15) is 4.31 Å². The minimum absolute atomic E-state index is 0.0361. The Hall–Kier alpha value is -2.43. The van der Waals surface area contributed by atoms with Crippen LogP contribution in [0.4, 0.5) is 0 Å². The summed E-state index contributed by atoms with van der Waals surface area (Å²) in [5.41, 5.74) is 0.206. The van der Waals surface area contributed by atoms with E-state index in [1.165, 1.54) is 36.0 Å². The van der Waals surface area contributed by atoms with Crippen molar-refractivity contribution in [2.75, 3.05) is 33.9 Å². The molecule has 0 atom stereocenters. The zero-order valence-electron chi connectivity index (χ0n) is 16.8. The van der Waals surface area contributed by atoms with Crippen molar-refractivity contribution >= 4 is 33.1 Å². The third-order valence-electron chi connectivity index (χ3n) is 4.79. The molecule has 0 saturated carbocycles. The summed E-state index contributed by atoms with van der Waals surface area (Å²) in [7, 11) is -0.889. The van der Waals surface area contributed by atoms with E-state index in [4.69, 9.17) is 14.2 Å². The molecule has 1 aromatic heterocycles. The molecule has 2 aromatic rings. The topological polar surface area (TPSA) is 99.2 Å². The highest BCUT2D eigenvalue weighted by atomic mass is 32.2. The summed E-state index contributed by atoms with van der Waals surface area (Å²) < 4.78 is 42.7. The Morgan fingerprint density at radius 3 is 2.47 bits per heavy atom. The van der Waals surface area contributed by atoms with Crippen molar-refractivity contribution < 1.29 is 32.2 Å². The number of rotatable bonds is 8. The van der Waals surface area contributed by atoms with Gasteiger partial charge in [-0.25, -0.2) is 13.2 Å². The summed E-state index contributed by atoms with van der Waals surface area (Å²) in [5.74, 6) is -0.563. The Balaban J connectivity index is 1.74. The van der Waals surface area contributed by atoms with Gasteiger partial charge in [0.2, 0.25) is 15.8 Å². The Bertz CT molecular complexity index is 1020. The lowest BCUT2D eigenvalue weighted by Gasteiger charge is -2.25. The van der Waals surface area contributed by atoms with E-state index in [0.29, 0.717) is 24.6 Å². The first kappa shape index (κ1) is 22.3. The highest BCUT2D eigenvalue weighted by molar-refractivity contribution is 7.89. The van der Waals surface area contributed by atoms with Crippen LogP contribution in [-0.2, 0) is 14.8 Å². The number of carbonyl (C=O) groups is 2. The monoisotopic (exact) mass is 453 g/mol. The second-order valence-corrected chi connectivity index (χ2v) is 9.47. The van der Waals surface area contributed by atoms with Gasteiger partial charge in [0, 0.05) is 13.1 Å². The number of Topliss-reactive ketones (excluding diaryl/α,β-unsaturated/α-hetero) is 1. The predicted octanol–water partition coefficient (Wildman–Crippen LogP) is 2.98. The Morgan fingerprint density at radius 2 is 1.80 bits per heavy atom. The van der Waals surface area contributed by atoms with E-state index in [1.54, 1.807) is 12.1 Å². The summed E-state index contributed by atoms with van der Waals surface area (Å²) in [6.07, 6.45) is 2.57. The number of sulfonamides is 1. The number of thiophene rings is 1.